The van der Waals surface area contributed by atoms with Crippen LogP contribution in [0.15, 0.2) is 83.3 Å². The van der Waals surface area contributed by atoms with Crippen molar-refractivity contribution in [3.63, 3.8) is 0 Å². The largest absolute Gasteiger partial charge is 0.435 e. The number of aryl methyl sites for hydroxylation is 1. The Kier molecular flexibility index (Phi) is 15.8. The molecule has 6 rings (SSSR count). The highest BCUT2D eigenvalue weighted by Gasteiger charge is 2.55. The summed E-state index contributed by atoms with van der Waals surface area (Å²) < 4.78 is 45.8. The van der Waals surface area contributed by atoms with E-state index in [-0.39, 0.29) is 36.7 Å². The van der Waals surface area contributed by atoms with E-state index >= 15 is 0 Å². The van der Waals surface area contributed by atoms with Gasteiger partial charge in [-0.3, -0.25) is 24.0 Å². The first kappa shape index (κ1) is 52.6. The van der Waals surface area contributed by atoms with Crippen molar-refractivity contribution in [2.75, 3.05) is 13.6 Å². The van der Waals surface area contributed by atoms with Crippen molar-refractivity contribution in [3.8, 4) is 11.3 Å². The minimum absolute atomic E-state index is 0.0866. The predicted octanol–water partition coefficient (Wildman–Crippen LogP) is 6.91. The number of alkyl halides is 3. The second kappa shape index (κ2) is 20.7. The van der Waals surface area contributed by atoms with Crippen molar-refractivity contribution in [3.05, 3.63) is 101 Å². The molecule has 4 heterocycles. The molecule has 19 heteroatoms. The van der Waals surface area contributed by atoms with E-state index < -0.39 is 52.6 Å². The Balaban J connectivity index is 1.22. The van der Waals surface area contributed by atoms with E-state index in [1.54, 1.807) is 71.0 Å². The molecule has 0 bridgehead atoms. The Morgan fingerprint density at radius 2 is 1.86 bits per heavy atom. The lowest BCUT2D eigenvalue weighted by Gasteiger charge is -2.33. The summed E-state index contributed by atoms with van der Waals surface area (Å²) >= 11 is 0. The number of aliphatic imine (C=N–C) groups is 1. The molecule has 0 saturated heterocycles. The predicted molar refractivity (Wildman–Crippen MR) is 261 cm³/mol. The topological polar surface area (TPSA) is 210 Å². The highest BCUT2D eigenvalue weighted by molar-refractivity contribution is 6.09. The van der Waals surface area contributed by atoms with Crippen LogP contribution in [0.2, 0.25) is 6.32 Å². The van der Waals surface area contributed by atoms with Crippen LogP contribution in [0.5, 0.6) is 0 Å². The number of hydrogen-bond acceptors (Lipinski definition) is 12. The van der Waals surface area contributed by atoms with Crippen LogP contribution in [0.1, 0.15) is 115 Å². The van der Waals surface area contributed by atoms with Gasteiger partial charge in [-0.15, -0.1) is 0 Å². The molecular weight excluding hydrogens is 888 g/mol. The van der Waals surface area contributed by atoms with E-state index in [9.17, 15) is 38.1 Å². The molecule has 0 aliphatic heterocycles. The number of carbonyl (C=O) groups excluding carboxylic acids is 2. The Bertz CT molecular complexity index is 2670. The van der Waals surface area contributed by atoms with Gasteiger partial charge in [0, 0.05) is 40.7 Å². The molecule has 368 valence electrons. The lowest BCUT2D eigenvalue weighted by molar-refractivity contribution is -0.141. The zero-order valence-corrected chi connectivity index (χ0v) is 40.6. The first-order valence-corrected chi connectivity index (χ1v) is 23.2. The second-order valence-corrected chi connectivity index (χ2v) is 19.5. The molecule has 3 unspecified atom stereocenters. The van der Waals surface area contributed by atoms with Gasteiger partial charge in [-0.2, -0.15) is 23.4 Å². The molecule has 0 spiro atoms. The van der Waals surface area contributed by atoms with Crippen molar-refractivity contribution in [1.29, 1.82) is 0 Å². The molecule has 6 N–H and O–H groups in total. The molecule has 3 atom stereocenters. The number of nitrogens with zero attached hydrogens (tertiary/aromatic N) is 8. The van der Waals surface area contributed by atoms with Crippen LogP contribution in [0.25, 0.3) is 27.9 Å². The first-order chi connectivity index (χ1) is 32.4. The fourth-order valence-electron chi connectivity index (χ4n) is 8.51. The van der Waals surface area contributed by atoms with Gasteiger partial charge < -0.3 is 31.2 Å². The summed E-state index contributed by atoms with van der Waals surface area (Å²) in [4.78, 5) is 42.5. The normalized spacial score (nSPS) is 19.3. The number of fused-ring (bicyclic) bond motifs is 1. The summed E-state index contributed by atoms with van der Waals surface area (Å²) in [6.45, 7) is 12.1. The molecule has 2 aliphatic rings. The van der Waals surface area contributed by atoms with Gasteiger partial charge in [0.05, 0.1) is 49.0 Å². The van der Waals surface area contributed by atoms with Gasteiger partial charge in [0.15, 0.2) is 11.3 Å². The second-order valence-electron chi connectivity index (χ2n) is 19.5. The van der Waals surface area contributed by atoms with Crippen molar-refractivity contribution < 1.29 is 38.1 Å². The number of nitrogens with two attached hydrogens (primary N) is 1. The summed E-state index contributed by atoms with van der Waals surface area (Å²) in [7, 11) is 7.16. The average Bonchev–Trinajstić information content (AvgIpc) is 4.18. The Morgan fingerprint density at radius 1 is 1.13 bits per heavy atom. The van der Waals surface area contributed by atoms with Crippen molar-refractivity contribution in [1.82, 2.24) is 39.7 Å². The molecule has 4 aromatic heterocycles. The lowest BCUT2D eigenvalue weighted by atomic mass is 9.94. The number of carbonyl (C=O) groups is 2. The lowest BCUT2D eigenvalue weighted by Crippen LogP contribution is -2.54. The number of amides is 1. The summed E-state index contributed by atoms with van der Waals surface area (Å²) in [5, 5.41) is 43.4. The number of aliphatic hydroxyl groups is 3. The number of aromatic nitrogens is 6. The van der Waals surface area contributed by atoms with E-state index in [1.165, 1.54) is 10.9 Å². The standard InChI is InChI=1S/C50H64BF3N10O5/c1-9-11-36(47(6,7)67)13-12-33(10-2)41-22-43(50(52,53)54)60-64(41)29-46(4,5)59-45(66)42(20-32(24-55)25-57-49(68,69)28-51)62(8)19-18-48(30-65)23-39(48)38-16-17-40(58-31(38)3)34-21-35-27-63(37-14-15-37)61-44(35)56-26-34/h10-13,16-17,21-22,24-27,30,37,39,42,67-69H,9,14-15,18-20,23,28-29,55H2,1-8H3,(H,59,66)/b13-12-,32-24-,33-10+,36-11+,57-25+. The maximum absolute atomic E-state index is 14.5. The highest BCUT2D eigenvalue weighted by atomic mass is 19.4. The van der Waals surface area contributed by atoms with E-state index in [4.69, 9.17) is 18.6 Å². The Labute approximate surface area is 402 Å². The van der Waals surface area contributed by atoms with Gasteiger partial charge in [0.1, 0.15) is 6.29 Å². The summed E-state index contributed by atoms with van der Waals surface area (Å²) in [6, 6.07) is 6.36. The maximum Gasteiger partial charge on any atom is 0.435 e. The van der Waals surface area contributed by atoms with Gasteiger partial charge >= 0.3 is 6.18 Å². The summed E-state index contributed by atoms with van der Waals surface area (Å²) in [5.74, 6) is -3.24. The number of allylic oxidation sites excluding steroid dienone is 4. The van der Waals surface area contributed by atoms with Gasteiger partial charge in [-0.25, -0.2) is 9.98 Å². The molecule has 2 fully saturated rings. The van der Waals surface area contributed by atoms with Gasteiger partial charge in [0.2, 0.25) is 5.91 Å². The molecule has 1 amide bonds. The van der Waals surface area contributed by atoms with Crippen LogP contribution >= 0.6 is 0 Å². The monoisotopic (exact) mass is 953 g/mol. The molecule has 2 aliphatic carbocycles. The van der Waals surface area contributed by atoms with Crippen LogP contribution in [-0.4, -0.2) is 113 Å². The number of pyridine rings is 2. The third-order valence-corrected chi connectivity index (χ3v) is 12.8. The van der Waals surface area contributed by atoms with E-state index in [2.05, 4.69) is 25.5 Å². The van der Waals surface area contributed by atoms with Crippen molar-refractivity contribution in [2.24, 2.45) is 16.1 Å². The first-order valence-electron chi connectivity index (χ1n) is 23.2. The van der Waals surface area contributed by atoms with Crippen molar-refractivity contribution in [2.45, 2.75) is 141 Å². The summed E-state index contributed by atoms with van der Waals surface area (Å²) in [6.07, 6.45) is 12.1. The molecular formula is C50H64BF3N10O5. The van der Waals surface area contributed by atoms with Gasteiger partial charge in [-0.05, 0) is 153 Å². The molecule has 2 radical (unpaired) electrons. The zero-order valence-electron chi connectivity index (χ0n) is 40.6. The average molecular weight is 953 g/mol. The number of hydrogen-bond donors (Lipinski definition) is 5. The number of aldehydes is 1. The third kappa shape index (κ3) is 12.9. The van der Waals surface area contributed by atoms with Crippen LogP contribution in [0, 0.1) is 12.3 Å². The molecule has 0 aromatic carbocycles. The highest BCUT2D eigenvalue weighted by Crippen LogP contribution is 2.60. The Hall–Kier alpha value is -5.76. The van der Waals surface area contributed by atoms with Crippen LogP contribution in [0.3, 0.4) is 0 Å². The minimum atomic E-state index is -4.77. The minimum Gasteiger partial charge on any atom is -0.404 e. The number of likely N-dealkylation sites (N-methyl/N-ethyl adjacent to an activating group) is 1. The number of nitrogens with one attached hydrogen (secondary N) is 1. The maximum atomic E-state index is 14.5. The molecule has 69 heavy (non-hydrogen) atoms. The van der Waals surface area contributed by atoms with Gasteiger partial charge in [-0.1, -0.05) is 37.3 Å². The van der Waals surface area contributed by atoms with Crippen molar-refractivity contribution >= 4 is 42.9 Å². The molecule has 15 nitrogen and oxygen atoms in total. The SMILES string of the molecule is [B]CC(O)(O)/N=C/C(=C\N)CC(C(=O)NC(C)(C)Cn1nc(C(F)(F)F)cc1C(/C=C\C(=C/CC)C(C)(C)O)=C/C)N(C)CCC1(C=O)CC1c1ccc(-c2cnc3nn(C4CC4)cc3c2)nc1C. The zero-order chi connectivity index (χ0) is 50.7. The van der Waals surface area contributed by atoms with Crippen LogP contribution in [-0.2, 0) is 22.3 Å². The van der Waals surface area contributed by atoms with Crippen LogP contribution < -0.4 is 11.1 Å². The molecule has 4 aromatic rings. The van der Waals surface area contributed by atoms with E-state index in [0.29, 0.717) is 42.1 Å². The van der Waals surface area contributed by atoms with Gasteiger partial charge in [0.25, 0.3) is 5.91 Å². The quantitative estimate of drug-likeness (QED) is 0.0180. The Morgan fingerprint density at radius 3 is 2.45 bits per heavy atom. The molecule has 2 saturated carbocycles. The smallest absolute Gasteiger partial charge is 0.404 e. The van der Waals surface area contributed by atoms with Crippen LogP contribution in [0.4, 0.5) is 13.2 Å². The fraction of sp³-hybridized carbons (Fsp3) is 0.500. The van der Waals surface area contributed by atoms with E-state index in [1.807, 2.05) is 49.0 Å². The number of rotatable bonds is 22. The summed E-state index contributed by atoms with van der Waals surface area (Å²) in [5.41, 5.74) is 7.08. The fourth-order valence-corrected chi connectivity index (χ4v) is 8.51. The number of halogens is 3. The van der Waals surface area contributed by atoms with E-state index in [0.717, 1.165) is 59.3 Å². The third-order valence-electron chi connectivity index (χ3n) is 12.8.